The van der Waals surface area contributed by atoms with Crippen molar-refractivity contribution in [1.82, 2.24) is 10.6 Å². The van der Waals surface area contributed by atoms with E-state index in [1.54, 1.807) is 6.08 Å². The van der Waals surface area contributed by atoms with Gasteiger partial charge in [0.15, 0.2) is 0 Å². The summed E-state index contributed by atoms with van der Waals surface area (Å²) in [5, 5.41) is 6.67. The lowest BCUT2D eigenvalue weighted by Crippen LogP contribution is -2.43. The highest BCUT2D eigenvalue weighted by molar-refractivity contribution is 6.31. The molecule has 0 aliphatic rings. The highest BCUT2D eigenvalue weighted by atomic mass is 35.5. The van der Waals surface area contributed by atoms with Crippen molar-refractivity contribution in [3.05, 3.63) is 47.5 Å². The fourth-order valence-corrected chi connectivity index (χ4v) is 1.99. The third-order valence-corrected chi connectivity index (χ3v) is 3.03. The maximum absolute atomic E-state index is 11.7. The summed E-state index contributed by atoms with van der Waals surface area (Å²) in [6.07, 6.45) is 1.65. The lowest BCUT2D eigenvalue weighted by atomic mass is 10.1. The molecule has 0 heterocycles. The van der Waals surface area contributed by atoms with Crippen LogP contribution in [0, 0.1) is 0 Å². The van der Waals surface area contributed by atoms with Crippen LogP contribution in [0.5, 0.6) is 0 Å². The summed E-state index contributed by atoms with van der Waals surface area (Å²) in [5.41, 5.74) is 0.988. The minimum absolute atomic E-state index is 0.0168. The molecule has 98 valence electrons. The number of rotatable bonds is 6. The van der Waals surface area contributed by atoms with E-state index in [-0.39, 0.29) is 18.0 Å². The predicted molar refractivity (Wildman–Crippen MR) is 75.7 cm³/mol. The number of hydrogen-bond donors (Lipinski definition) is 2. The van der Waals surface area contributed by atoms with Crippen molar-refractivity contribution >= 4 is 17.5 Å². The zero-order valence-corrected chi connectivity index (χ0v) is 11.5. The average Bonchev–Trinajstić information content (AvgIpc) is 2.36. The van der Waals surface area contributed by atoms with Gasteiger partial charge in [-0.25, -0.2) is 0 Å². The molecule has 18 heavy (non-hydrogen) atoms. The topological polar surface area (TPSA) is 41.1 Å². The first-order chi connectivity index (χ1) is 8.56. The van der Waals surface area contributed by atoms with Crippen LogP contribution in [0.4, 0.5) is 0 Å². The van der Waals surface area contributed by atoms with Gasteiger partial charge in [-0.2, -0.15) is 0 Å². The molecule has 2 N–H and O–H groups in total. The first-order valence-corrected chi connectivity index (χ1v) is 6.33. The Labute approximate surface area is 113 Å². The van der Waals surface area contributed by atoms with Crippen LogP contribution in [-0.4, -0.2) is 18.5 Å². The molecule has 1 rings (SSSR count). The molecule has 0 aliphatic heterocycles. The average molecular weight is 267 g/mol. The molecule has 0 saturated heterocycles. The van der Waals surface area contributed by atoms with E-state index >= 15 is 0 Å². The highest BCUT2D eigenvalue weighted by Gasteiger charge is 2.16. The van der Waals surface area contributed by atoms with Crippen molar-refractivity contribution in [2.45, 2.75) is 25.9 Å². The van der Waals surface area contributed by atoms with Crippen LogP contribution in [0.15, 0.2) is 36.9 Å². The van der Waals surface area contributed by atoms with E-state index in [9.17, 15) is 4.79 Å². The maximum atomic E-state index is 11.7. The van der Waals surface area contributed by atoms with E-state index in [0.717, 1.165) is 5.56 Å². The minimum Gasteiger partial charge on any atom is -0.351 e. The van der Waals surface area contributed by atoms with Crippen molar-refractivity contribution < 1.29 is 4.79 Å². The lowest BCUT2D eigenvalue weighted by Gasteiger charge is -2.20. The molecule has 0 saturated carbocycles. The van der Waals surface area contributed by atoms with E-state index in [1.807, 2.05) is 38.1 Å². The van der Waals surface area contributed by atoms with E-state index in [4.69, 9.17) is 11.6 Å². The van der Waals surface area contributed by atoms with Gasteiger partial charge in [0.1, 0.15) is 0 Å². The summed E-state index contributed by atoms with van der Waals surface area (Å²) < 4.78 is 0. The molecular weight excluding hydrogens is 248 g/mol. The summed E-state index contributed by atoms with van der Waals surface area (Å²) in [6.45, 7) is 7.85. The Morgan fingerprint density at radius 2 is 2.11 bits per heavy atom. The van der Waals surface area contributed by atoms with Gasteiger partial charge >= 0.3 is 0 Å². The summed E-state index contributed by atoms with van der Waals surface area (Å²) in [7, 11) is 0. The Bertz CT molecular complexity index is 420. The largest absolute Gasteiger partial charge is 0.351 e. The van der Waals surface area contributed by atoms with Gasteiger partial charge in [0.2, 0.25) is 5.91 Å². The normalized spacial score (nSPS) is 13.7. The summed E-state index contributed by atoms with van der Waals surface area (Å²) in [6, 6.07) is 7.35. The molecule has 1 amide bonds. The molecule has 3 nitrogen and oxygen atoms in total. The molecule has 0 fully saturated rings. The van der Waals surface area contributed by atoms with Crippen molar-refractivity contribution in [2.24, 2.45) is 0 Å². The number of benzene rings is 1. The second kappa shape index (κ2) is 7.19. The monoisotopic (exact) mass is 266 g/mol. The third-order valence-electron chi connectivity index (χ3n) is 2.69. The van der Waals surface area contributed by atoms with Crippen LogP contribution in [0.1, 0.15) is 25.5 Å². The van der Waals surface area contributed by atoms with Crippen molar-refractivity contribution in [1.29, 1.82) is 0 Å². The zero-order chi connectivity index (χ0) is 13.5. The van der Waals surface area contributed by atoms with Crippen LogP contribution in [0.2, 0.25) is 5.02 Å². The lowest BCUT2D eigenvalue weighted by molar-refractivity contribution is -0.122. The van der Waals surface area contributed by atoms with Crippen molar-refractivity contribution in [2.75, 3.05) is 6.54 Å². The van der Waals surface area contributed by atoms with E-state index in [1.165, 1.54) is 0 Å². The van der Waals surface area contributed by atoms with Crippen LogP contribution in [0.3, 0.4) is 0 Å². The van der Waals surface area contributed by atoms with Crippen molar-refractivity contribution in [3.63, 3.8) is 0 Å². The highest BCUT2D eigenvalue weighted by Crippen LogP contribution is 2.22. The fourth-order valence-electron chi connectivity index (χ4n) is 1.69. The molecule has 1 aromatic rings. The maximum Gasteiger partial charge on any atom is 0.237 e. The standard InChI is InChI=1S/C14H19ClN2O/c1-4-9-16-14(18)11(3)17-10(2)12-7-5-6-8-13(12)15/h4-8,10-11,17H,1,9H2,2-3H3,(H,16,18)/t10-,11+/m0/s1. The second-order valence-corrected chi connectivity index (χ2v) is 4.57. The van der Waals surface area contributed by atoms with E-state index in [2.05, 4.69) is 17.2 Å². The van der Waals surface area contributed by atoms with Crippen LogP contribution < -0.4 is 10.6 Å². The SMILES string of the molecule is C=CCNC(=O)[C@@H](C)N[C@@H](C)c1ccccc1Cl. The molecular formula is C14H19ClN2O. The van der Waals surface area contributed by atoms with E-state index < -0.39 is 0 Å². The summed E-state index contributed by atoms with van der Waals surface area (Å²) >= 11 is 6.11. The van der Waals surface area contributed by atoms with Crippen LogP contribution in [0.25, 0.3) is 0 Å². The number of hydrogen-bond acceptors (Lipinski definition) is 2. The van der Waals surface area contributed by atoms with Crippen LogP contribution in [-0.2, 0) is 4.79 Å². The Morgan fingerprint density at radius 3 is 2.72 bits per heavy atom. The Hall–Kier alpha value is -1.32. The van der Waals surface area contributed by atoms with Gasteiger partial charge in [0.05, 0.1) is 6.04 Å². The van der Waals surface area contributed by atoms with Gasteiger partial charge in [-0.05, 0) is 25.5 Å². The zero-order valence-electron chi connectivity index (χ0n) is 10.7. The van der Waals surface area contributed by atoms with Gasteiger partial charge in [0.25, 0.3) is 0 Å². The molecule has 0 radical (unpaired) electrons. The molecule has 0 aliphatic carbocycles. The molecule has 0 spiro atoms. The second-order valence-electron chi connectivity index (χ2n) is 4.17. The Kier molecular flexibility index (Phi) is 5.89. The van der Waals surface area contributed by atoms with Gasteiger partial charge in [-0.15, -0.1) is 6.58 Å². The smallest absolute Gasteiger partial charge is 0.237 e. The minimum atomic E-state index is -0.281. The first kappa shape index (κ1) is 14.7. The molecule has 4 heteroatoms. The van der Waals surface area contributed by atoms with Crippen molar-refractivity contribution in [3.8, 4) is 0 Å². The van der Waals surface area contributed by atoms with Gasteiger partial charge in [-0.1, -0.05) is 35.9 Å². The number of carbonyl (C=O) groups excluding carboxylic acids is 1. The predicted octanol–water partition coefficient (Wildman–Crippen LogP) is 2.68. The summed E-state index contributed by atoms with van der Waals surface area (Å²) in [5.74, 6) is -0.0474. The molecule has 0 aromatic heterocycles. The quantitative estimate of drug-likeness (QED) is 0.778. The number of halogens is 1. The molecule has 0 bridgehead atoms. The molecule has 0 unspecified atom stereocenters. The van der Waals surface area contributed by atoms with Crippen LogP contribution >= 0.6 is 11.6 Å². The Morgan fingerprint density at radius 1 is 1.44 bits per heavy atom. The van der Waals surface area contributed by atoms with Gasteiger partial charge < -0.3 is 5.32 Å². The van der Waals surface area contributed by atoms with Gasteiger partial charge in [-0.3, -0.25) is 10.1 Å². The number of amides is 1. The van der Waals surface area contributed by atoms with Gasteiger partial charge in [0, 0.05) is 17.6 Å². The third kappa shape index (κ3) is 4.17. The summed E-state index contributed by atoms with van der Waals surface area (Å²) in [4.78, 5) is 11.7. The number of nitrogens with one attached hydrogen (secondary N) is 2. The molecule has 1 aromatic carbocycles. The number of carbonyl (C=O) groups is 1. The first-order valence-electron chi connectivity index (χ1n) is 5.95. The Balaban J connectivity index is 2.59. The molecule has 2 atom stereocenters. The van der Waals surface area contributed by atoms with E-state index in [0.29, 0.717) is 11.6 Å². The fraction of sp³-hybridized carbons (Fsp3) is 0.357.